The van der Waals surface area contributed by atoms with E-state index >= 15 is 0 Å². The van der Waals surface area contributed by atoms with E-state index in [1.54, 1.807) is 0 Å². The van der Waals surface area contributed by atoms with E-state index in [1.807, 2.05) is 0 Å². The van der Waals surface area contributed by atoms with Crippen molar-refractivity contribution in [2.75, 3.05) is 13.2 Å². The van der Waals surface area contributed by atoms with Gasteiger partial charge in [-0.2, -0.15) is 0 Å². The summed E-state index contributed by atoms with van der Waals surface area (Å²) < 4.78 is 17.0. The van der Waals surface area contributed by atoms with Crippen LogP contribution in [-0.4, -0.2) is 37.2 Å². The minimum Gasteiger partial charge on any atom is -0.462 e. The van der Waals surface area contributed by atoms with Crippen LogP contribution in [0, 0.1) is 0 Å². The molecule has 0 spiro atoms. The third kappa shape index (κ3) is 68.7. The summed E-state index contributed by atoms with van der Waals surface area (Å²) in [5.41, 5.74) is 0. The summed E-state index contributed by atoms with van der Waals surface area (Å²) in [6.07, 6.45) is 96.8. The first-order valence-corrected chi connectivity index (χ1v) is 35.4. The number of allylic oxidation sites excluding steroid dienone is 18. The molecule has 0 fully saturated rings. The van der Waals surface area contributed by atoms with Gasteiger partial charge in [-0.05, 0) is 109 Å². The molecule has 1 atom stereocenters. The minimum absolute atomic E-state index is 0.0777. The van der Waals surface area contributed by atoms with Crippen LogP contribution in [0.5, 0.6) is 0 Å². The first-order valence-electron chi connectivity index (χ1n) is 35.4. The summed E-state index contributed by atoms with van der Waals surface area (Å²) in [6, 6.07) is 0. The lowest BCUT2D eigenvalue weighted by Gasteiger charge is -2.18. The molecule has 0 aromatic carbocycles. The first kappa shape index (κ1) is 79.1. The summed E-state index contributed by atoms with van der Waals surface area (Å²) in [5.74, 6) is -0.874. The number of hydrogen-bond donors (Lipinski definition) is 0. The van der Waals surface area contributed by atoms with Crippen molar-refractivity contribution >= 4 is 17.9 Å². The zero-order valence-electron chi connectivity index (χ0n) is 54.7. The lowest BCUT2D eigenvalue weighted by molar-refractivity contribution is -0.167. The molecule has 0 radical (unpaired) electrons. The fourth-order valence-electron chi connectivity index (χ4n) is 9.99. The van der Waals surface area contributed by atoms with E-state index < -0.39 is 6.10 Å². The first-order chi connectivity index (χ1) is 41.0. The Hall–Kier alpha value is -3.93. The second-order valence-corrected chi connectivity index (χ2v) is 23.4. The summed E-state index contributed by atoms with van der Waals surface area (Å²) in [5, 5.41) is 0. The highest BCUT2D eigenvalue weighted by atomic mass is 16.6. The molecule has 0 amide bonds. The molecule has 0 aromatic rings. The van der Waals surface area contributed by atoms with Crippen LogP contribution in [0.1, 0.15) is 342 Å². The maximum absolute atomic E-state index is 12.9. The number of rotatable bonds is 64. The van der Waals surface area contributed by atoms with Gasteiger partial charge < -0.3 is 14.2 Å². The molecule has 0 heterocycles. The van der Waals surface area contributed by atoms with E-state index in [0.717, 1.165) is 116 Å². The second-order valence-electron chi connectivity index (χ2n) is 23.4. The standard InChI is InChI=1S/C77H132O6/c1-4-7-10-13-16-19-22-25-27-29-31-32-33-34-35-36-37-38-39-40-41-42-43-44-46-47-49-52-55-58-61-64-67-70-76(79)82-73-74(72-81-75(78)69-66-63-60-57-54-51-24-21-18-15-12-9-6-3)83-77(80)71-68-65-62-59-56-53-50-48-45-30-28-26-23-20-17-14-11-8-5-2/h7,10,16,19,25-28,31-32,34-35,37-38,40-41,43-44,74H,4-6,8-9,11-15,17-18,20-24,29-30,33,36,39,42,45-73H2,1-3H3/b10-7-,19-16-,27-25-,28-26-,32-31-,35-34-,38-37-,41-40-,44-43-. The van der Waals surface area contributed by atoms with Gasteiger partial charge in [0.1, 0.15) is 13.2 Å². The molecule has 0 aliphatic rings. The van der Waals surface area contributed by atoms with Crippen LogP contribution < -0.4 is 0 Å². The normalized spacial score (nSPS) is 12.8. The summed E-state index contributed by atoms with van der Waals surface area (Å²) in [6.45, 7) is 6.55. The van der Waals surface area contributed by atoms with Gasteiger partial charge in [0.15, 0.2) is 6.10 Å². The van der Waals surface area contributed by atoms with E-state index in [2.05, 4.69) is 130 Å². The predicted octanol–water partition coefficient (Wildman–Crippen LogP) is 24.6. The number of esters is 3. The Balaban J connectivity index is 4.28. The molecule has 0 N–H and O–H groups in total. The molecule has 6 nitrogen and oxygen atoms in total. The van der Waals surface area contributed by atoms with Crippen molar-refractivity contribution in [1.29, 1.82) is 0 Å². The van der Waals surface area contributed by atoms with Crippen LogP contribution in [0.2, 0.25) is 0 Å². The van der Waals surface area contributed by atoms with Gasteiger partial charge in [-0.25, -0.2) is 0 Å². The predicted molar refractivity (Wildman–Crippen MR) is 362 cm³/mol. The lowest BCUT2D eigenvalue weighted by Crippen LogP contribution is -2.30. The van der Waals surface area contributed by atoms with Crippen molar-refractivity contribution < 1.29 is 28.6 Å². The van der Waals surface area contributed by atoms with Gasteiger partial charge in [-0.3, -0.25) is 14.4 Å². The summed E-state index contributed by atoms with van der Waals surface area (Å²) >= 11 is 0. The molecule has 0 rings (SSSR count). The Morgan fingerprint density at radius 3 is 0.747 bits per heavy atom. The Bertz CT molecular complexity index is 1660. The third-order valence-corrected chi connectivity index (χ3v) is 15.3. The van der Waals surface area contributed by atoms with E-state index in [0.29, 0.717) is 19.3 Å². The Labute approximate surface area is 514 Å². The number of unbranched alkanes of at least 4 members (excludes halogenated alkanes) is 35. The van der Waals surface area contributed by atoms with Gasteiger partial charge >= 0.3 is 17.9 Å². The highest BCUT2D eigenvalue weighted by Crippen LogP contribution is 2.17. The maximum atomic E-state index is 12.9. The van der Waals surface area contributed by atoms with Crippen LogP contribution in [0.15, 0.2) is 109 Å². The second kappa shape index (κ2) is 70.6. The Morgan fingerprint density at radius 1 is 0.253 bits per heavy atom. The number of hydrogen-bond acceptors (Lipinski definition) is 6. The van der Waals surface area contributed by atoms with Crippen molar-refractivity contribution in [2.24, 2.45) is 0 Å². The smallest absolute Gasteiger partial charge is 0.306 e. The SMILES string of the molecule is CC/C=C\C/C=C\C/C=C\C/C=C\C/C=C\C/C=C\C/C=C\C/C=C\CCCCCCCCCCC(=O)OCC(COC(=O)CCCCCCCCCCCCCCC)OC(=O)CCCCCCCCCCC/C=C\CCCCCCCC. The molecule has 0 bridgehead atoms. The van der Waals surface area contributed by atoms with E-state index in [1.165, 1.54) is 186 Å². The van der Waals surface area contributed by atoms with Crippen LogP contribution in [0.3, 0.4) is 0 Å². The van der Waals surface area contributed by atoms with E-state index in [4.69, 9.17) is 14.2 Å². The summed E-state index contributed by atoms with van der Waals surface area (Å²) in [4.78, 5) is 38.4. The zero-order chi connectivity index (χ0) is 59.9. The molecule has 0 aliphatic heterocycles. The van der Waals surface area contributed by atoms with Crippen molar-refractivity contribution in [3.8, 4) is 0 Å². The minimum atomic E-state index is -0.783. The summed E-state index contributed by atoms with van der Waals surface area (Å²) in [7, 11) is 0. The van der Waals surface area contributed by atoms with Gasteiger partial charge in [-0.1, -0.05) is 323 Å². The number of ether oxygens (including phenoxy) is 3. The van der Waals surface area contributed by atoms with Gasteiger partial charge in [0.2, 0.25) is 0 Å². The van der Waals surface area contributed by atoms with Gasteiger partial charge in [0.25, 0.3) is 0 Å². The quantitative estimate of drug-likeness (QED) is 0.0261. The van der Waals surface area contributed by atoms with Crippen LogP contribution in [0.4, 0.5) is 0 Å². The van der Waals surface area contributed by atoms with E-state index in [9.17, 15) is 14.4 Å². The third-order valence-electron chi connectivity index (χ3n) is 15.3. The molecule has 83 heavy (non-hydrogen) atoms. The molecule has 0 aromatic heterocycles. The topological polar surface area (TPSA) is 78.9 Å². The highest BCUT2D eigenvalue weighted by molar-refractivity contribution is 5.71. The Morgan fingerprint density at radius 2 is 0.470 bits per heavy atom. The van der Waals surface area contributed by atoms with Gasteiger partial charge in [0.05, 0.1) is 0 Å². The molecule has 6 heteroatoms. The van der Waals surface area contributed by atoms with Crippen LogP contribution in [0.25, 0.3) is 0 Å². The zero-order valence-corrected chi connectivity index (χ0v) is 54.7. The van der Waals surface area contributed by atoms with Crippen LogP contribution >= 0.6 is 0 Å². The largest absolute Gasteiger partial charge is 0.462 e. The number of carbonyl (C=O) groups is 3. The average molecular weight is 1150 g/mol. The maximum Gasteiger partial charge on any atom is 0.306 e. The molecular formula is C77H132O6. The molecule has 0 aliphatic carbocycles. The molecule has 0 saturated heterocycles. The van der Waals surface area contributed by atoms with Crippen LogP contribution in [-0.2, 0) is 28.6 Å². The Kier molecular flexibility index (Phi) is 67.2. The highest BCUT2D eigenvalue weighted by Gasteiger charge is 2.19. The van der Waals surface area contributed by atoms with Crippen molar-refractivity contribution in [1.82, 2.24) is 0 Å². The molecular weight excluding hydrogens is 1020 g/mol. The molecule has 0 saturated carbocycles. The fourth-order valence-corrected chi connectivity index (χ4v) is 9.99. The average Bonchev–Trinajstić information content (AvgIpc) is 3.49. The monoisotopic (exact) mass is 1150 g/mol. The van der Waals surface area contributed by atoms with Crippen molar-refractivity contribution in [3.05, 3.63) is 109 Å². The number of carbonyl (C=O) groups excluding carboxylic acids is 3. The van der Waals surface area contributed by atoms with Gasteiger partial charge in [0, 0.05) is 19.3 Å². The van der Waals surface area contributed by atoms with E-state index in [-0.39, 0.29) is 31.1 Å². The molecule has 1 unspecified atom stereocenters. The van der Waals surface area contributed by atoms with Crippen molar-refractivity contribution in [3.63, 3.8) is 0 Å². The van der Waals surface area contributed by atoms with Crippen molar-refractivity contribution in [2.45, 2.75) is 348 Å². The lowest BCUT2D eigenvalue weighted by atomic mass is 10.0. The fraction of sp³-hybridized carbons (Fsp3) is 0.727. The molecule has 476 valence electrons. The van der Waals surface area contributed by atoms with Gasteiger partial charge in [-0.15, -0.1) is 0 Å².